The molecule has 23 heavy (non-hydrogen) atoms. The Balaban J connectivity index is 0.000000379. The molecule has 5 nitrogen and oxygen atoms in total. The predicted molar refractivity (Wildman–Crippen MR) is 91.8 cm³/mol. The maximum atomic E-state index is 12.1. The fourth-order valence-electron chi connectivity index (χ4n) is 2.28. The summed E-state index contributed by atoms with van der Waals surface area (Å²) in [5.74, 6) is -0.174. The van der Waals surface area contributed by atoms with Crippen molar-refractivity contribution in [2.24, 2.45) is 11.8 Å². The normalized spacial score (nSPS) is 17.1. The number of amides is 2. The van der Waals surface area contributed by atoms with Crippen LogP contribution in [0.25, 0.3) is 0 Å². The van der Waals surface area contributed by atoms with Crippen molar-refractivity contribution in [2.75, 3.05) is 18.7 Å². The Hall–Kier alpha value is -1.88. The van der Waals surface area contributed by atoms with Gasteiger partial charge in [-0.2, -0.15) is 0 Å². The topological polar surface area (TPSA) is 58.6 Å². The molecule has 1 fully saturated rings. The fourth-order valence-corrected chi connectivity index (χ4v) is 2.28. The Morgan fingerprint density at radius 2 is 1.87 bits per heavy atom. The van der Waals surface area contributed by atoms with Crippen molar-refractivity contribution in [3.05, 3.63) is 30.3 Å². The van der Waals surface area contributed by atoms with Gasteiger partial charge in [0.15, 0.2) is 0 Å². The molecule has 1 aliphatic heterocycles. The van der Waals surface area contributed by atoms with E-state index in [0.717, 1.165) is 19.4 Å². The Morgan fingerprint density at radius 1 is 1.22 bits per heavy atom. The summed E-state index contributed by atoms with van der Waals surface area (Å²) in [7, 11) is 1.72. The molecule has 1 aromatic rings. The monoisotopic (exact) mass is 320 g/mol. The largest absolute Gasteiger partial charge is 0.384 e. The zero-order valence-electron chi connectivity index (χ0n) is 14.5. The SMILES string of the molecule is CCCCC1C(=O)NN(c2ccccc2)C1=O.COCC(C)C. The van der Waals surface area contributed by atoms with E-state index in [4.69, 9.17) is 4.74 Å². The summed E-state index contributed by atoms with van der Waals surface area (Å²) in [6, 6.07) is 9.17. The Morgan fingerprint density at radius 3 is 2.35 bits per heavy atom. The van der Waals surface area contributed by atoms with Crippen LogP contribution in [-0.2, 0) is 14.3 Å². The molecule has 0 bridgehead atoms. The summed E-state index contributed by atoms with van der Waals surface area (Å²) in [4.78, 5) is 23.8. The van der Waals surface area contributed by atoms with Crippen LogP contribution >= 0.6 is 0 Å². The Kier molecular flexibility index (Phi) is 8.33. The fraction of sp³-hybridized carbons (Fsp3) is 0.556. The number of carbonyl (C=O) groups excluding carboxylic acids is 2. The highest BCUT2D eigenvalue weighted by Crippen LogP contribution is 2.22. The quantitative estimate of drug-likeness (QED) is 0.819. The van der Waals surface area contributed by atoms with Gasteiger partial charge in [-0.3, -0.25) is 15.0 Å². The smallest absolute Gasteiger partial charge is 0.258 e. The van der Waals surface area contributed by atoms with E-state index in [1.807, 2.05) is 25.1 Å². The van der Waals surface area contributed by atoms with Crippen LogP contribution in [0.1, 0.15) is 40.0 Å². The molecule has 0 spiro atoms. The number of hydrogen-bond acceptors (Lipinski definition) is 3. The van der Waals surface area contributed by atoms with Crippen molar-refractivity contribution in [3.8, 4) is 0 Å². The molecule has 0 radical (unpaired) electrons. The zero-order valence-corrected chi connectivity index (χ0v) is 14.5. The van der Waals surface area contributed by atoms with Crippen LogP contribution in [0.2, 0.25) is 0 Å². The molecule has 1 heterocycles. The number of hydrazine groups is 1. The molecular formula is C18H28N2O3. The van der Waals surface area contributed by atoms with Gasteiger partial charge in [-0.25, -0.2) is 5.01 Å². The lowest BCUT2D eigenvalue weighted by Crippen LogP contribution is -2.35. The molecule has 1 saturated heterocycles. The van der Waals surface area contributed by atoms with E-state index in [1.54, 1.807) is 19.2 Å². The van der Waals surface area contributed by atoms with E-state index >= 15 is 0 Å². The Labute approximate surface area is 139 Å². The second-order valence-electron chi connectivity index (χ2n) is 6.03. The number of ether oxygens (including phenoxy) is 1. The number of rotatable bonds is 6. The maximum absolute atomic E-state index is 12.1. The molecule has 128 valence electrons. The third-order valence-electron chi connectivity index (χ3n) is 3.42. The van der Waals surface area contributed by atoms with Crippen LogP contribution in [0.15, 0.2) is 30.3 Å². The first kappa shape index (κ1) is 19.2. The number of nitrogens with zero attached hydrogens (tertiary/aromatic N) is 1. The number of unbranched alkanes of at least 4 members (excludes halogenated alkanes) is 1. The molecule has 1 unspecified atom stereocenters. The zero-order chi connectivity index (χ0) is 17.2. The third kappa shape index (κ3) is 6.02. The van der Waals surface area contributed by atoms with Crippen molar-refractivity contribution >= 4 is 17.5 Å². The first-order valence-electron chi connectivity index (χ1n) is 8.19. The first-order valence-corrected chi connectivity index (χ1v) is 8.19. The minimum Gasteiger partial charge on any atom is -0.384 e. The van der Waals surface area contributed by atoms with E-state index in [9.17, 15) is 9.59 Å². The maximum Gasteiger partial charge on any atom is 0.258 e. The lowest BCUT2D eigenvalue weighted by Gasteiger charge is -2.14. The van der Waals surface area contributed by atoms with Crippen molar-refractivity contribution in [1.82, 2.24) is 5.43 Å². The summed E-state index contributed by atoms with van der Waals surface area (Å²) >= 11 is 0. The van der Waals surface area contributed by atoms with Gasteiger partial charge < -0.3 is 4.74 Å². The molecule has 0 saturated carbocycles. The summed E-state index contributed by atoms with van der Waals surface area (Å²) < 4.78 is 4.80. The number of methoxy groups -OCH3 is 1. The summed E-state index contributed by atoms with van der Waals surface area (Å²) in [6.45, 7) is 7.18. The van der Waals surface area contributed by atoms with Gasteiger partial charge in [-0.15, -0.1) is 0 Å². The molecule has 2 amide bonds. The molecule has 1 atom stereocenters. The second kappa shape index (κ2) is 10.0. The minimum atomic E-state index is -0.518. The predicted octanol–water partition coefficient (Wildman–Crippen LogP) is 3.16. The van der Waals surface area contributed by atoms with Gasteiger partial charge in [0.05, 0.1) is 5.69 Å². The summed E-state index contributed by atoms with van der Waals surface area (Å²) in [6.07, 6.45) is 2.51. The van der Waals surface area contributed by atoms with Crippen LogP contribution in [0.3, 0.4) is 0 Å². The van der Waals surface area contributed by atoms with Gasteiger partial charge in [0.2, 0.25) is 0 Å². The molecule has 0 aliphatic carbocycles. The van der Waals surface area contributed by atoms with Crippen molar-refractivity contribution < 1.29 is 14.3 Å². The van der Waals surface area contributed by atoms with E-state index in [2.05, 4.69) is 19.3 Å². The van der Waals surface area contributed by atoms with Crippen LogP contribution in [0.5, 0.6) is 0 Å². The Bertz CT molecular complexity index is 488. The van der Waals surface area contributed by atoms with E-state index in [1.165, 1.54) is 5.01 Å². The number of hydrogen-bond donors (Lipinski definition) is 1. The lowest BCUT2D eigenvalue weighted by atomic mass is 10.0. The van der Waals surface area contributed by atoms with Gasteiger partial charge in [0.25, 0.3) is 11.8 Å². The first-order chi connectivity index (χ1) is 11.0. The summed E-state index contributed by atoms with van der Waals surface area (Å²) in [5.41, 5.74) is 3.34. The van der Waals surface area contributed by atoms with Crippen LogP contribution in [0, 0.1) is 11.8 Å². The highest BCUT2D eigenvalue weighted by Gasteiger charge is 2.39. The lowest BCUT2D eigenvalue weighted by molar-refractivity contribution is -0.127. The number of para-hydroxylation sites is 1. The molecular weight excluding hydrogens is 292 g/mol. The molecule has 2 rings (SSSR count). The van der Waals surface area contributed by atoms with Crippen molar-refractivity contribution in [3.63, 3.8) is 0 Å². The summed E-state index contributed by atoms with van der Waals surface area (Å²) in [5, 5.41) is 1.35. The third-order valence-corrected chi connectivity index (χ3v) is 3.42. The second-order valence-corrected chi connectivity index (χ2v) is 6.03. The van der Waals surface area contributed by atoms with Gasteiger partial charge in [-0.05, 0) is 24.5 Å². The molecule has 0 aromatic heterocycles. The molecule has 1 aromatic carbocycles. The van der Waals surface area contributed by atoms with E-state index < -0.39 is 5.92 Å². The van der Waals surface area contributed by atoms with Gasteiger partial charge >= 0.3 is 0 Å². The number of anilines is 1. The average molecular weight is 320 g/mol. The van der Waals surface area contributed by atoms with Gasteiger partial charge in [0, 0.05) is 13.7 Å². The van der Waals surface area contributed by atoms with Crippen LogP contribution in [0.4, 0.5) is 5.69 Å². The van der Waals surface area contributed by atoms with Crippen LogP contribution < -0.4 is 10.4 Å². The number of benzene rings is 1. The van der Waals surface area contributed by atoms with Crippen molar-refractivity contribution in [1.29, 1.82) is 0 Å². The molecule has 5 heteroatoms. The standard InChI is InChI=1S/C13H16N2O2.C5H12O/c1-2-3-9-11-12(16)14-15(13(11)17)10-7-5-4-6-8-10;1-5(2)4-6-3/h4-8,11H,2-3,9H2,1H3,(H,14,16);5H,4H2,1-3H3. The van der Waals surface area contributed by atoms with Gasteiger partial charge in [0.1, 0.15) is 5.92 Å². The van der Waals surface area contributed by atoms with Crippen LogP contribution in [-0.4, -0.2) is 25.5 Å². The van der Waals surface area contributed by atoms with Crippen molar-refractivity contribution in [2.45, 2.75) is 40.0 Å². The molecule has 1 N–H and O–H groups in total. The minimum absolute atomic E-state index is 0.144. The van der Waals surface area contributed by atoms with E-state index in [-0.39, 0.29) is 11.8 Å². The highest BCUT2D eigenvalue weighted by molar-refractivity contribution is 6.14. The average Bonchev–Trinajstić information content (AvgIpc) is 2.81. The number of nitrogens with one attached hydrogen (secondary N) is 1. The van der Waals surface area contributed by atoms with Gasteiger partial charge in [-0.1, -0.05) is 51.8 Å². The molecule has 1 aliphatic rings. The highest BCUT2D eigenvalue weighted by atomic mass is 16.5. The van der Waals surface area contributed by atoms with E-state index in [0.29, 0.717) is 18.0 Å². The number of carbonyl (C=O) groups is 2.